The maximum absolute atomic E-state index is 13.2. The Hall–Kier alpha value is -4.17. The van der Waals surface area contributed by atoms with E-state index in [0.29, 0.717) is 6.54 Å². The molecule has 1 aliphatic carbocycles. The highest BCUT2D eigenvalue weighted by molar-refractivity contribution is 5.86. The molecule has 2 unspecified atom stereocenters. The molecule has 1 aliphatic rings. The first-order valence-corrected chi connectivity index (χ1v) is 13.6. The zero-order valence-corrected chi connectivity index (χ0v) is 23.2. The van der Waals surface area contributed by atoms with Crippen LogP contribution in [-0.2, 0) is 20.9 Å². The van der Waals surface area contributed by atoms with E-state index < -0.39 is 29.9 Å². The summed E-state index contributed by atoms with van der Waals surface area (Å²) >= 11 is 0. The molecule has 3 aromatic rings. The highest BCUT2D eigenvalue weighted by Gasteiger charge is 2.30. The molecule has 40 heavy (non-hydrogen) atoms. The fraction of sp³-hybridized carbons (Fsp3) is 0.344. The van der Waals surface area contributed by atoms with Crippen molar-refractivity contribution in [3.8, 4) is 11.1 Å². The normalized spacial score (nSPS) is 13.8. The molecule has 3 aromatic carbocycles. The number of benzene rings is 3. The number of fused-ring (bicyclic) bond motifs is 3. The van der Waals surface area contributed by atoms with Crippen LogP contribution in [0.1, 0.15) is 36.5 Å². The number of amides is 2. The van der Waals surface area contributed by atoms with Crippen molar-refractivity contribution in [2.24, 2.45) is 11.8 Å². The summed E-state index contributed by atoms with van der Waals surface area (Å²) in [6.07, 6.45) is -0.700. The van der Waals surface area contributed by atoms with E-state index in [9.17, 15) is 19.5 Å². The summed E-state index contributed by atoms with van der Waals surface area (Å²) in [5.74, 6) is -2.43. The monoisotopic (exact) mass is 543 g/mol. The first-order valence-electron chi connectivity index (χ1n) is 13.6. The van der Waals surface area contributed by atoms with E-state index >= 15 is 0 Å². The Bertz CT molecular complexity index is 1280. The van der Waals surface area contributed by atoms with E-state index in [1.165, 1.54) is 0 Å². The van der Waals surface area contributed by atoms with Crippen molar-refractivity contribution < 1.29 is 24.2 Å². The van der Waals surface area contributed by atoms with Crippen molar-refractivity contribution in [1.82, 2.24) is 15.5 Å². The standard InChI is InChI=1S/C32H37N3O5/c1-21(2)27(31(37)38)17-33-30(36)29(19-35(3)18-22-11-5-4-6-12-22)34-32(39)40-20-28-25-15-9-7-13-23(25)24-14-8-10-16-26(24)28/h4-16,21,27-29H,17-20H2,1-3H3,(H,33,36)(H,34,39)(H,37,38). The van der Waals surface area contributed by atoms with Gasteiger partial charge in [0.15, 0.2) is 0 Å². The van der Waals surface area contributed by atoms with Crippen molar-refractivity contribution in [2.75, 3.05) is 26.7 Å². The highest BCUT2D eigenvalue weighted by Crippen LogP contribution is 2.44. The SMILES string of the molecule is CC(C)C(CNC(=O)C(CN(C)Cc1ccccc1)NC(=O)OCC1c2ccccc2-c2ccccc21)C(=O)O. The lowest BCUT2D eigenvalue weighted by atomic mass is 9.96. The van der Waals surface area contributed by atoms with E-state index in [0.717, 1.165) is 27.8 Å². The van der Waals surface area contributed by atoms with Gasteiger partial charge < -0.3 is 20.5 Å². The summed E-state index contributed by atoms with van der Waals surface area (Å²) in [5.41, 5.74) is 5.52. The number of nitrogens with zero attached hydrogens (tertiary/aromatic N) is 1. The van der Waals surface area contributed by atoms with Gasteiger partial charge in [0.2, 0.25) is 5.91 Å². The molecule has 0 heterocycles. The zero-order chi connectivity index (χ0) is 28.6. The van der Waals surface area contributed by atoms with Crippen LogP contribution in [0.25, 0.3) is 11.1 Å². The molecule has 8 nitrogen and oxygen atoms in total. The van der Waals surface area contributed by atoms with Gasteiger partial charge in [0.1, 0.15) is 12.6 Å². The van der Waals surface area contributed by atoms with Crippen LogP contribution in [0.4, 0.5) is 4.79 Å². The lowest BCUT2D eigenvalue weighted by Gasteiger charge is -2.25. The Balaban J connectivity index is 1.43. The molecule has 0 bridgehead atoms. The number of alkyl carbamates (subject to hydrolysis) is 1. The molecular weight excluding hydrogens is 506 g/mol. The van der Waals surface area contributed by atoms with E-state index in [1.54, 1.807) is 13.8 Å². The molecule has 0 radical (unpaired) electrons. The quantitative estimate of drug-likeness (QED) is 0.311. The second-order valence-electron chi connectivity index (χ2n) is 10.6. The van der Waals surface area contributed by atoms with Crippen LogP contribution in [0.15, 0.2) is 78.9 Å². The van der Waals surface area contributed by atoms with Crippen LogP contribution in [-0.4, -0.2) is 60.8 Å². The number of ether oxygens (including phenoxy) is 1. The Kier molecular flexibility index (Phi) is 9.56. The van der Waals surface area contributed by atoms with Gasteiger partial charge in [0, 0.05) is 25.6 Å². The number of carboxylic acids is 1. The summed E-state index contributed by atoms with van der Waals surface area (Å²) in [7, 11) is 1.86. The summed E-state index contributed by atoms with van der Waals surface area (Å²) in [4.78, 5) is 39.8. The maximum Gasteiger partial charge on any atom is 0.407 e. The average molecular weight is 544 g/mol. The predicted octanol–water partition coefficient (Wildman–Crippen LogP) is 4.50. The minimum atomic E-state index is -0.974. The van der Waals surface area contributed by atoms with E-state index in [2.05, 4.69) is 22.8 Å². The Labute approximate surface area is 235 Å². The molecular formula is C32H37N3O5. The molecule has 210 valence electrons. The van der Waals surface area contributed by atoms with Gasteiger partial charge in [-0.15, -0.1) is 0 Å². The first kappa shape index (κ1) is 28.8. The van der Waals surface area contributed by atoms with E-state index in [-0.39, 0.29) is 31.5 Å². The van der Waals surface area contributed by atoms with Crippen LogP contribution in [0.5, 0.6) is 0 Å². The summed E-state index contributed by atoms with van der Waals surface area (Å²) in [6, 6.07) is 25.0. The fourth-order valence-electron chi connectivity index (χ4n) is 5.19. The third-order valence-electron chi connectivity index (χ3n) is 7.36. The van der Waals surface area contributed by atoms with Crippen molar-refractivity contribution in [1.29, 1.82) is 0 Å². The lowest BCUT2D eigenvalue weighted by Crippen LogP contribution is -2.53. The van der Waals surface area contributed by atoms with Crippen molar-refractivity contribution in [2.45, 2.75) is 32.4 Å². The molecule has 8 heteroatoms. The molecule has 0 spiro atoms. The topological polar surface area (TPSA) is 108 Å². The zero-order valence-electron chi connectivity index (χ0n) is 23.2. The van der Waals surface area contributed by atoms with Crippen molar-refractivity contribution in [3.05, 3.63) is 95.6 Å². The second-order valence-corrected chi connectivity index (χ2v) is 10.6. The summed E-state index contributed by atoms with van der Waals surface area (Å²) in [6.45, 7) is 4.47. The van der Waals surface area contributed by atoms with Crippen LogP contribution in [0, 0.1) is 11.8 Å². The molecule has 2 amide bonds. The van der Waals surface area contributed by atoms with Gasteiger partial charge in [0.05, 0.1) is 5.92 Å². The van der Waals surface area contributed by atoms with Gasteiger partial charge in [-0.05, 0) is 40.8 Å². The smallest absolute Gasteiger partial charge is 0.407 e. The summed E-state index contributed by atoms with van der Waals surface area (Å²) < 4.78 is 5.68. The number of hydrogen-bond acceptors (Lipinski definition) is 5. The minimum absolute atomic E-state index is 0.0307. The molecule has 3 N–H and O–H groups in total. The summed E-state index contributed by atoms with van der Waals surface area (Å²) in [5, 5.41) is 15.0. The third-order valence-corrected chi connectivity index (χ3v) is 7.36. The van der Waals surface area contributed by atoms with Gasteiger partial charge in [-0.1, -0.05) is 92.7 Å². The number of carboxylic acid groups (broad SMARTS) is 1. The number of aliphatic carboxylic acids is 1. The molecule has 0 saturated heterocycles. The number of carbonyl (C=O) groups is 3. The number of likely N-dealkylation sites (N-methyl/N-ethyl adjacent to an activating group) is 1. The lowest BCUT2D eigenvalue weighted by molar-refractivity contribution is -0.143. The van der Waals surface area contributed by atoms with Crippen LogP contribution in [0.3, 0.4) is 0 Å². The first-order chi connectivity index (χ1) is 19.2. The van der Waals surface area contributed by atoms with E-state index in [1.807, 2.05) is 78.7 Å². The average Bonchev–Trinajstić information content (AvgIpc) is 3.25. The van der Waals surface area contributed by atoms with Gasteiger partial charge in [-0.2, -0.15) is 0 Å². The number of rotatable bonds is 12. The van der Waals surface area contributed by atoms with Crippen LogP contribution >= 0.6 is 0 Å². The fourth-order valence-corrected chi connectivity index (χ4v) is 5.19. The molecule has 2 atom stereocenters. The van der Waals surface area contributed by atoms with Gasteiger partial charge >= 0.3 is 12.1 Å². The maximum atomic E-state index is 13.2. The highest BCUT2D eigenvalue weighted by atomic mass is 16.5. The van der Waals surface area contributed by atoms with Crippen molar-refractivity contribution >= 4 is 18.0 Å². The molecule has 0 aromatic heterocycles. The number of carbonyl (C=O) groups excluding carboxylic acids is 2. The molecule has 4 rings (SSSR count). The second kappa shape index (κ2) is 13.3. The largest absolute Gasteiger partial charge is 0.481 e. The molecule has 0 aliphatic heterocycles. The van der Waals surface area contributed by atoms with Crippen LogP contribution in [0.2, 0.25) is 0 Å². The Morgan fingerprint density at radius 1 is 0.900 bits per heavy atom. The molecule has 0 saturated carbocycles. The Morgan fingerprint density at radius 3 is 2.05 bits per heavy atom. The number of hydrogen-bond donors (Lipinski definition) is 3. The van der Waals surface area contributed by atoms with Crippen LogP contribution < -0.4 is 10.6 Å². The minimum Gasteiger partial charge on any atom is -0.481 e. The van der Waals surface area contributed by atoms with Crippen molar-refractivity contribution in [3.63, 3.8) is 0 Å². The third kappa shape index (κ3) is 7.07. The number of nitrogens with one attached hydrogen (secondary N) is 2. The van der Waals surface area contributed by atoms with Gasteiger partial charge in [-0.3, -0.25) is 14.5 Å². The van der Waals surface area contributed by atoms with Gasteiger partial charge in [-0.25, -0.2) is 4.79 Å². The molecule has 0 fully saturated rings. The van der Waals surface area contributed by atoms with Gasteiger partial charge in [0.25, 0.3) is 0 Å². The van der Waals surface area contributed by atoms with E-state index in [4.69, 9.17) is 4.74 Å². The Morgan fingerprint density at radius 2 is 1.48 bits per heavy atom. The predicted molar refractivity (Wildman–Crippen MR) is 154 cm³/mol.